The summed E-state index contributed by atoms with van der Waals surface area (Å²) in [5, 5.41) is 4.28. The lowest BCUT2D eigenvalue weighted by atomic mass is 10.2. The van der Waals surface area contributed by atoms with Gasteiger partial charge in [0.15, 0.2) is 0 Å². The molecule has 72 valence electrons. The molecule has 0 amide bonds. The third kappa shape index (κ3) is 1.97. The van der Waals surface area contributed by atoms with Crippen molar-refractivity contribution in [2.45, 2.75) is 13.3 Å². The van der Waals surface area contributed by atoms with Gasteiger partial charge in [0, 0.05) is 4.88 Å². The van der Waals surface area contributed by atoms with Crippen LogP contribution in [0.4, 0.5) is 0 Å². The van der Waals surface area contributed by atoms with Crippen molar-refractivity contribution < 1.29 is 0 Å². The van der Waals surface area contributed by atoms with Crippen LogP contribution >= 0.6 is 22.7 Å². The van der Waals surface area contributed by atoms with Crippen LogP contribution in [0.25, 0.3) is 15.8 Å². The lowest BCUT2D eigenvalue weighted by molar-refractivity contribution is 1.23. The third-order valence-electron chi connectivity index (χ3n) is 1.97. The first kappa shape index (κ1) is 9.69. The van der Waals surface area contributed by atoms with E-state index in [1.165, 1.54) is 15.3 Å². The van der Waals surface area contributed by atoms with E-state index in [4.69, 9.17) is 0 Å². The van der Waals surface area contributed by atoms with Crippen molar-refractivity contribution in [1.82, 2.24) is 0 Å². The van der Waals surface area contributed by atoms with Crippen LogP contribution in [-0.4, -0.2) is 0 Å². The summed E-state index contributed by atoms with van der Waals surface area (Å²) in [6.45, 7) is 2.16. The van der Waals surface area contributed by atoms with Gasteiger partial charge in [0.25, 0.3) is 0 Å². The Hall–Kier alpha value is -0.860. The van der Waals surface area contributed by atoms with E-state index in [2.05, 4.69) is 48.0 Å². The van der Waals surface area contributed by atoms with Crippen LogP contribution in [0, 0.1) is 0 Å². The van der Waals surface area contributed by atoms with E-state index in [9.17, 15) is 0 Å². The molecule has 0 aromatic carbocycles. The molecule has 0 saturated heterocycles. The van der Waals surface area contributed by atoms with Crippen LogP contribution in [0.15, 0.2) is 35.0 Å². The quantitative estimate of drug-likeness (QED) is 0.690. The maximum atomic E-state index is 2.21. The van der Waals surface area contributed by atoms with E-state index in [1.807, 2.05) is 11.3 Å². The van der Waals surface area contributed by atoms with Gasteiger partial charge in [-0.1, -0.05) is 25.1 Å². The number of allylic oxidation sites excluding steroid dienone is 1. The number of hydrogen-bond donors (Lipinski definition) is 0. The predicted molar refractivity (Wildman–Crippen MR) is 67.0 cm³/mol. The highest BCUT2D eigenvalue weighted by molar-refractivity contribution is 7.20. The molecular weight excluding hydrogens is 208 g/mol. The Morgan fingerprint density at radius 1 is 1.21 bits per heavy atom. The topological polar surface area (TPSA) is 0 Å². The van der Waals surface area contributed by atoms with Gasteiger partial charge in [-0.2, -0.15) is 0 Å². The maximum Gasteiger partial charge on any atom is 0.0514 e. The second-order valence-electron chi connectivity index (χ2n) is 2.99. The number of hydrogen-bond acceptors (Lipinski definition) is 2. The SMILES string of the molecule is CCC=Cc1ccsc1-c1cccs1. The highest BCUT2D eigenvalue weighted by Crippen LogP contribution is 2.33. The molecule has 2 aromatic heterocycles. The lowest BCUT2D eigenvalue weighted by Gasteiger charge is -1.94. The van der Waals surface area contributed by atoms with E-state index in [1.54, 1.807) is 11.3 Å². The van der Waals surface area contributed by atoms with Gasteiger partial charge in [0.1, 0.15) is 0 Å². The van der Waals surface area contributed by atoms with Gasteiger partial charge in [0.05, 0.1) is 4.88 Å². The Bertz CT molecular complexity index is 407. The van der Waals surface area contributed by atoms with Crippen LogP contribution in [0.2, 0.25) is 0 Å². The van der Waals surface area contributed by atoms with Gasteiger partial charge < -0.3 is 0 Å². The molecule has 2 heteroatoms. The van der Waals surface area contributed by atoms with Gasteiger partial charge in [-0.25, -0.2) is 0 Å². The highest BCUT2D eigenvalue weighted by Gasteiger charge is 2.04. The summed E-state index contributed by atoms with van der Waals surface area (Å²) in [6.07, 6.45) is 5.52. The fourth-order valence-electron chi connectivity index (χ4n) is 1.30. The second-order valence-corrected chi connectivity index (χ2v) is 4.86. The van der Waals surface area contributed by atoms with Crippen LogP contribution in [0.5, 0.6) is 0 Å². The Balaban J connectivity index is 2.35. The average molecular weight is 220 g/mol. The fourth-order valence-corrected chi connectivity index (χ4v) is 3.08. The summed E-state index contributed by atoms with van der Waals surface area (Å²) in [5.41, 5.74) is 1.35. The number of thiophene rings is 2. The van der Waals surface area contributed by atoms with E-state index in [0.29, 0.717) is 0 Å². The van der Waals surface area contributed by atoms with Crippen molar-refractivity contribution >= 4 is 28.7 Å². The molecule has 0 bridgehead atoms. The molecule has 0 aliphatic heterocycles. The Labute approximate surface area is 92.5 Å². The summed E-state index contributed by atoms with van der Waals surface area (Å²) >= 11 is 3.62. The molecule has 0 unspecified atom stereocenters. The zero-order valence-corrected chi connectivity index (χ0v) is 9.70. The maximum absolute atomic E-state index is 2.21. The second kappa shape index (κ2) is 4.58. The Kier molecular flexibility index (Phi) is 3.17. The van der Waals surface area contributed by atoms with Crippen molar-refractivity contribution in [2.75, 3.05) is 0 Å². The number of rotatable bonds is 3. The van der Waals surface area contributed by atoms with E-state index < -0.39 is 0 Å². The minimum Gasteiger partial charge on any atom is -0.143 e. The molecule has 0 radical (unpaired) electrons. The molecule has 2 aromatic rings. The van der Waals surface area contributed by atoms with Gasteiger partial charge >= 0.3 is 0 Å². The Morgan fingerprint density at radius 3 is 2.86 bits per heavy atom. The summed E-state index contributed by atoms with van der Waals surface area (Å²) in [6, 6.07) is 6.47. The lowest BCUT2D eigenvalue weighted by Crippen LogP contribution is -1.69. The molecule has 14 heavy (non-hydrogen) atoms. The first-order valence-corrected chi connectivity index (χ1v) is 6.45. The third-order valence-corrected chi connectivity index (χ3v) is 3.95. The largest absolute Gasteiger partial charge is 0.143 e. The standard InChI is InChI=1S/C12H12S2/c1-2-3-5-10-7-9-14-12(10)11-6-4-8-13-11/h3-9H,2H2,1H3. The zero-order chi connectivity index (χ0) is 9.80. The molecular formula is C12H12S2. The van der Waals surface area contributed by atoms with Crippen molar-refractivity contribution in [2.24, 2.45) is 0 Å². The van der Waals surface area contributed by atoms with Gasteiger partial charge in [0.2, 0.25) is 0 Å². The molecule has 0 atom stereocenters. The molecule has 2 rings (SSSR count). The van der Waals surface area contributed by atoms with Crippen molar-refractivity contribution in [3.63, 3.8) is 0 Å². The van der Waals surface area contributed by atoms with E-state index in [0.717, 1.165) is 6.42 Å². The van der Waals surface area contributed by atoms with Gasteiger partial charge in [-0.15, -0.1) is 22.7 Å². The molecule has 0 nitrogen and oxygen atoms in total. The Morgan fingerprint density at radius 2 is 2.14 bits per heavy atom. The summed E-state index contributed by atoms with van der Waals surface area (Å²) in [5.74, 6) is 0. The van der Waals surface area contributed by atoms with Crippen LogP contribution in [0.1, 0.15) is 18.9 Å². The minimum atomic E-state index is 1.10. The molecule has 0 aliphatic carbocycles. The highest BCUT2D eigenvalue weighted by atomic mass is 32.1. The fraction of sp³-hybridized carbons (Fsp3) is 0.167. The monoisotopic (exact) mass is 220 g/mol. The van der Waals surface area contributed by atoms with Crippen molar-refractivity contribution in [3.05, 3.63) is 40.6 Å². The molecule has 0 fully saturated rings. The molecule has 0 spiro atoms. The zero-order valence-electron chi connectivity index (χ0n) is 8.07. The average Bonchev–Trinajstić information content (AvgIpc) is 2.84. The first-order valence-electron chi connectivity index (χ1n) is 4.69. The van der Waals surface area contributed by atoms with Crippen LogP contribution < -0.4 is 0 Å². The minimum absolute atomic E-state index is 1.10. The van der Waals surface area contributed by atoms with Gasteiger partial charge in [-0.3, -0.25) is 0 Å². The van der Waals surface area contributed by atoms with E-state index in [-0.39, 0.29) is 0 Å². The van der Waals surface area contributed by atoms with Crippen molar-refractivity contribution in [1.29, 1.82) is 0 Å². The molecule has 2 heterocycles. The smallest absolute Gasteiger partial charge is 0.0514 e. The summed E-state index contributed by atoms with van der Waals surface area (Å²) in [7, 11) is 0. The summed E-state index contributed by atoms with van der Waals surface area (Å²) in [4.78, 5) is 2.76. The van der Waals surface area contributed by atoms with Crippen molar-refractivity contribution in [3.8, 4) is 9.75 Å². The van der Waals surface area contributed by atoms with Crippen LogP contribution in [0.3, 0.4) is 0 Å². The van der Waals surface area contributed by atoms with E-state index >= 15 is 0 Å². The van der Waals surface area contributed by atoms with Crippen LogP contribution in [-0.2, 0) is 0 Å². The molecule has 0 saturated carbocycles. The normalized spacial score (nSPS) is 11.2. The summed E-state index contributed by atoms with van der Waals surface area (Å²) < 4.78 is 0. The first-order chi connectivity index (χ1) is 6.92. The molecule has 0 N–H and O–H groups in total. The predicted octanol–water partition coefficient (Wildman–Crippen LogP) is 4.90. The van der Waals surface area contributed by atoms with Gasteiger partial charge in [-0.05, 0) is 34.9 Å². The molecule has 0 aliphatic rings.